The molecule has 2 heterocycles. The van der Waals surface area contributed by atoms with Crippen molar-refractivity contribution < 1.29 is 19.1 Å². The summed E-state index contributed by atoms with van der Waals surface area (Å²) in [5, 5.41) is 4.26. The first-order chi connectivity index (χ1) is 11.1. The van der Waals surface area contributed by atoms with Gasteiger partial charge in [-0.25, -0.2) is 24.0 Å². The molecular weight excluding hydrogens is 344 g/mol. The van der Waals surface area contributed by atoms with Crippen molar-refractivity contribution in [2.75, 3.05) is 32.2 Å². The van der Waals surface area contributed by atoms with Crippen LogP contribution in [0.15, 0.2) is 11.4 Å². The number of ether oxygens (including phenoxy) is 2. The number of aromatic nitrogens is 2. The number of halogens is 1. The Labute approximate surface area is 141 Å². The van der Waals surface area contributed by atoms with Gasteiger partial charge in [0, 0.05) is 18.9 Å². The Kier molecular flexibility index (Phi) is 6.08. The number of anilines is 1. The lowest BCUT2D eigenvalue weighted by Gasteiger charge is -2.15. The molecule has 0 aromatic carbocycles. The van der Waals surface area contributed by atoms with Crippen LogP contribution in [0.3, 0.4) is 0 Å². The first kappa shape index (κ1) is 17.4. The van der Waals surface area contributed by atoms with E-state index in [9.17, 15) is 9.59 Å². The molecule has 0 saturated heterocycles. The van der Waals surface area contributed by atoms with Crippen LogP contribution in [0.5, 0.6) is 0 Å². The van der Waals surface area contributed by atoms with E-state index in [1.165, 1.54) is 18.4 Å². The smallest absolute Gasteiger partial charge is 0.360 e. The van der Waals surface area contributed by atoms with Crippen LogP contribution >= 0.6 is 23.1 Å². The van der Waals surface area contributed by atoms with E-state index in [0.29, 0.717) is 10.3 Å². The maximum Gasteiger partial charge on any atom is 0.360 e. The summed E-state index contributed by atoms with van der Waals surface area (Å²) in [6, 6.07) is 1.09. The molecule has 10 heteroatoms. The van der Waals surface area contributed by atoms with Crippen LogP contribution in [0.1, 0.15) is 17.4 Å². The largest absolute Gasteiger partial charge is 0.461 e. The van der Waals surface area contributed by atoms with Gasteiger partial charge in [-0.05, 0) is 18.4 Å². The van der Waals surface area contributed by atoms with Crippen molar-refractivity contribution in [3.63, 3.8) is 0 Å². The fourth-order valence-electron chi connectivity index (χ4n) is 1.66. The zero-order valence-corrected chi connectivity index (χ0v) is 14.1. The molecule has 2 rings (SSSR count). The van der Waals surface area contributed by atoms with E-state index in [0.717, 1.165) is 4.42 Å². The molecule has 0 bridgehead atoms. The third-order valence-corrected chi connectivity index (χ3v) is 3.82. The Bertz CT molecular complexity index is 708. The number of rotatable bonds is 6. The lowest BCUT2D eigenvalue weighted by atomic mass is 10.4. The van der Waals surface area contributed by atoms with Gasteiger partial charge in [0.25, 0.3) is 0 Å². The maximum atomic E-state index is 12.0. The van der Waals surface area contributed by atoms with Crippen molar-refractivity contribution >= 4 is 51.3 Å². The molecule has 23 heavy (non-hydrogen) atoms. The standard InChI is InChI=1S/C13H15ClN4O4S/c1-3-22-12(19)9-10(16-11-8(15-9)4-7-23-11)17-13(20)18(14)5-6-21-2/h4,7H,3,5-6H2,1-2H3,(H,16,17,20). The van der Waals surface area contributed by atoms with E-state index in [4.69, 9.17) is 21.3 Å². The van der Waals surface area contributed by atoms with E-state index in [-0.39, 0.29) is 31.3 Å². The summed E-state index contributed by atoms with van der Waals surface area (Å²) >= 11 is 7.17. The molecule has 0 atom stereocenters. The van der Waals surface area contributed by atoms with Crippen molar-refractivity contribution in [3.05, 3.63) is 17.1 Å². The molecule has 124 valence electrons. The summed E-state index contributed by atoms with van der Waals surface area (Å²) in [5.74, 6) is -0.659. The molecule has 2 amide bonds. The first-order valence-electron chi connectivity index (χ1n) is 6.72. The maximum absolute atomic E-state index is 12.0. The summed E-state index contributed by atoms with van der Waals surface area (Å²) in [6.07, 6.45) is 0. The van der Waals surface area contributed by atoms with Crippen molar-refractivity contribution in [3.8, 4) is 0 Å². The Morgan fingerprint density at radius 1 is 1.43 bits per heavy atom. The number of fused-ring (bicyclic) bond motifs is 1. The fourth-order valence-corrected chi connectivity index (χ4v) is 2.47. The number of urea groups is 1. The molecular formula is C13H15ClN4O4S. The number of nitrogens with zero attached hydrogens (tertiary/aromatic N) is 3. The van der Waals surface area contributed by atoms with Gasteiger partial charge in [0.15, 0.2) is 11.5 Å². The van der Waals surface area contributed by atoms with E-state index >= 15 is 0 Å². The first-order valence-corrected chi connectivity index (χ1v) is 7.94. The third-order valence-electron chi connectivity index (χ3n) is 2.70. The number of esters is 1. The summed E-state index contributed by atoms with van der Waals surface area (Å²) in [7, 11) is 1.50. The molecule has 0 aliphatic rings. The summed E-state index contributed by atoms with van der Waals surface area (Å²) in [4.78, 5) is 33.1. The van der Waals surface area contributed by atoms with Gasteiger partial charge >= 0.3 is 12.0 Å². The third kappa shape index (κ3) is 4.27. The number of hydrogen-bond acceptors (Lipinski definition) is 7. The number of thiophene rings is 1. The normalized spacial score (nSPS) is 10.6. The highest BCUT2D eigenvalue weighted by atomic mass is 35.5. The SMILES string of the molecule is CCOC(=O)c1nc2ccsc2nc1NC(=O)N(Cl)CCOC. The van der Waals surface area contributed by atoms with E-state index < -0.39 is 12.0 Å². The average molecular weight is 359 g/mol. The van der Waals surface area contributed by atoms with Gasteiger partial charge in [-0.1, -0.05) is 0 Å². The van der Waals surface area contributed by atoms with E-state index in [1.54, 1.807) is 18.4 Å². The van der Waals surface area contributed by atoms with Crippen molar-refractivity contribution in [1.82, 2.24) is 14.4 Å². The summed E-state index contributed by atoms with van der Waals surface area (Å²) in [5.41, 5.74) is 0.487. The topological polar surface area (TPSA) is 93.7 Å². The van der Waals surface area contributed by atoms with Crippen LogP contribution in [0.25, 0.3) is 10.3 Å². The van der Waals surface area contributed by atoms with Gasteiger partial charge in [0.1, 0.15) is 10.3 Å². The van der Waals surface area contributed by atoms with Gasteiger partial charge in [-0.15, -0.1) is 11.3 Å². The second-order valence-corrected chi connectivity index (χ2v) is 5.56. The van der Waals surface area contributed by atoms with Gasteiger partial charge in [-0.2, -0.15) is 0 Å². The van der Waals surface area contributed by atoms with Crippen LogP contribution < -0.4 is 5.32 Å². The van der Waals surface area contributed by atoms with Crippen molar-refractivity contribution in [2.24, 2.45) is 0 Å². The molecule has 0 saturated carbocycles. The van der Waals surface area contributed by atoms with Gasteiger partial charge in [0.05, 0.1) is 19.8 Å². The molecule has 0 radical (unpaired) electrons. The number of carbonyl (C=O) groups is 2. The van der Waals surface area contributed by atoms with Crippen molar-refractivity contribution in [2.45, 2.75) is 6.92 Å². The van der Waals surface area contributed by atoms with Gasteiger partial charge in [0.2, 0.25) is 0 Å². The Morgan fingerprint density at radius 2 is 2.22 bits per heavy atom. The number of amides is 2. The van der Waals surface area contributed by atoms with Crippen LogP contribution in [-0.2, 0) is 9.47 Å². The molecule has 2 aromatic heterocycles. The van der Waals surface area contributed by atoms with Gasteiger partial charge in [-0.3, -0.25) is 5.32 Å². The lowest BCUT2D eigenvalue weighted by Crippen LogP contribution is -2.31. The van der Waals surface area contributed by atoms with E-state index in [2.05, 4.69) is 15.3 Å². The Morgan fingerprint density at radius 3 is 2.91 bits per heavy atom. The number of nitrogens with one attached hydrogen (secondary N) is 1. The van der Waals surface area contributed by atoms with Crippen molar-refractivity contribution in [1.29, 1.82) is 0 Å². The minimum atomic E-state index is -0.665. The molecule has 0 spiro atoms. The highest BCUT2D eigenvalue weighted by molar-refractivity contribution is 7.16. The second-order valence-electron chi connectivity index (χ2n) is 4.26. The minimum Gasteiger partial charge on any atom is -0.461 e. The predicted octanol–water partition coefficient (Wildman–Crippen LogP) is 2.50. The van der Waals surface area contributed by atoms with Crippen LogP contribution in [0, 0.1) is 0 Å². The zero-order valence-electron chi connectivity index (χ0n) is 12.5. The molecule has 0 aliphatic heterocycles. The Balaban J connectivity index is 2.28. The average Bonchev–Trinajstić information content (AvgIpc) is 2.99. The fraction of sp³-hybridized carbons (Fsp3) is 0.385. The highest BCUT2D eigenvalue weighted by Gasteiger charge is 2.21. The van der Waals surface area contributed by atoms with Crippen LogP contribution in [0.4, 0.5) is 10.6 Å². The molecule has 0 unspecified atom stereocenters. The van der Waals surface area contributed by atoms with E-state index in [1.807, 2.05) is 0 Å². The highest BCUT2D eigenvalue weighted by Crippen LogP contribution is 2.22. The van der Waals surface area contributed by atoms with Crippen LogP contribution in [-0.4, -0.2) is 53.3 Å². The summed E-state index contributed by atoms with van der Waals surface area (Å²) in [6.45, 7) is 2.31. The molecule has 0 aliphatic carbocycles. The number of carbonyl (C=O) groups excluding carboxylic acids is 2. The summed E-state index contributed by atoms with van der Waals surface area (Å²) < 4.78 is 10.7. The predicted molar refractivity (Wildman–Crippen MR) is 86.8 cm³/mol. The molecule has 1 N–H and O–H groups in total. The molecule has 0 fully saturated rings. The quantitative estimate of drug-likeness (QED) is 0.630. The monoisotopic (exact) mass is 358 g/mol. The minimum absolute atomic E-state index is 0.00599. The zero-order chi connectivity index (χ0) is 16.8. The number of methoxy groups -OCH3 is 1. The van der Waals surface area contributed by atoms with Crippen LogP contribution in [0.2, 0.25) is 0 Å². The Hall–Kier alpha value is -1.97. The number of hydrogen-bond donors (Lipinski definition) is 1. The molecule has 2 aromatic rings. The van der Waals surface area contributed by atoms with Gasteiger partial charge < -0.3 is 9.47 Å². The second kappa shape index (κ2) is 8.04. The lowest BCUT2D eigenvalue weighted by molar-refractivity contribution is 0.0521. The molecule has 8 nitrogen and oxygen atoms in total.